The summed E-state index contributed by atoms with van der Waals surface area (Å²) in [6.07, 6.45) is 4.68. The first-order valence-corrected chi connectivity index (χ1v) is 6.50. The lowest BCUT2D eigenvalue weighted by Crippen LogP contribution is -2.16. The van der Waals surface area contributed by atoms with Gasteiger partial charge in [0, 0.05) is 18.1 Å². The van der Waals surface area contributed by atoms with E-state index in [0.717, 1.165) is 24.4 Å². The van der Waals surface area contributed by atoms with Gasteiger partial charge in [0.2, 0.25) is 5.88 Å². The summed E-state index contributed by atoms with van der Waals surface area (Å²) >= 11 is 0. The van der Waals surface area contributed by atoms with Gasteiger partial charge >= 0.3 is 0 Å². The number of nitrogens with one attached hydrogen (secondary N) is 1. The average molecular weight is 242 g/mol. The van der Waals surface area contributed by atoms with Gasteiger partial charge in [-0.3, -0.25) is 0 Å². The number of fused-ring (bicyclic) bond motifs is 1. The molecule has 0 saturated heterocycles. The van der Waals surface area contributed by atoms with Crippen LogP contribution in [-0.2, 0) is 6.54 Å². The fraction of sp³-hybridized carbons (Fsp3) is 0.400. The molecule has 0 aliphatic heterocycles. The molecular formula is C15H18N2O. The van der Waals surface area contributed by atoms with Crippen LogP contribution >= 0.6 is 0 Å². The van der Waals surface area contributed by atoms with Gasteiger partial charge < -0.3 is 10.1 Å². The van der Waals surface area contributed by atoms with E-state index in [-0.39, 0.29) is 0 Å². The van der Waals surface area contributed by atoms with Crippen molar-refractivity contribution in [2.24, 2.45) is 5.92 Å². The van der Waals surface area contributed by atoms with Crippen LogP contribution in [0.5, 0.6) is 5.88 Å². The van der Waals surface area contributed by atoms with Crippen molar-refractivity contribution in [2.75, 3.05) is 13.7 Å². The van der Waals surface area contributed by atoms with Gasteiger partial charge in [-0.25, -0.2) is 4.98 Å². The van der Waals surface area contributed by atoms with Crippen LogP contribution in [0.3, 0.4) is 0 Å². The molecule has 3 rings (SSSR count). The number of hydrogen-bond acceptors (Lipinski definition) is 3. The van der Waals surface area contributed by atoms with Gasteiger partial charge in [-0.15, -0.1) is 0 Å². The molecule has 0 bridgehead atoms. The molecule has 1 heterocycles. The maximum absolute atomic E-state index is 5.30. The molecule has 0 atom stereocenters. The number of methoxy groups -OCH3 is 1. The highest BCUT2D eigenvalue weighted by atomic mass is 16.5. The molecule has 94 valence electrons. The Hall–Kier alpha value is -1.61. The minimum Gasteiger partial charge on any atom is -0.481 e. The van der Waals surface area contributed by atoms with Crippen molar-refractivity contribution in [3.63, 3.8) is 0 Å². The molecule has 1 aliphatic rings. The summed E-state index contributed by atoms with van der Waals surface area (Å²) in [7, 11) is 1.67. The zero-order valence-corrected chi connectivity index (χ0v) is 10.6. The first kappa shape index (κ1) is 11.5. The van der Waals surface area contributed by atoms with Gasteiger partial charge in [-0.05, 0) is 42.3 Å². The highest BCUT2D eigenvalue weighted by molar-refractivity contribution is 5.89. The molecule has 1 fully saturated rings. The number of pyridine rings is 1. The maximum atomic E-state index is 5.30. The van der Waals surface area contributed by atoms with Crippen LogP contribution in [0.15, 0.2) is 30.5 Å². The number of nitrogens with zero attached hydrogens (tertiary/aromatic N) is 1. The first-order chi connectivity index (χ1) is 8.88. The number of hydrogen-bond donors (Lipinski definition) is 1. The SMILES string of the molecule is COc1ncc(CNCC2CC2)c2ccccc12. The average Bonchev–Trinajstić information content (AvgIpc) is 3.23. The number of ether oxygens (including phenoxy) is 1. The Bertz CT molecular complexity index is 549. The second-order valence-electron chi connectivity index (χ2n) is 4.91. The van der Waals surface area contributed by atoms with E-state index < -0.39 is 0 Å². The van der Waals surface area contributed by atoms with E-state index >= 15 is 0 Å². The van der Waals surface area contributed by atoms with E-state index in [9.17, 15) is 0 Å². The van der Waals surface area contributed by atoms with E-state index in [4.69, 9.17) is 4.74 Å². The zero-order chi connectivity index (χ0) is 12.4. The molecule has 3 heteroatoms. The monoisotopic (exact) mass is 242 g/mol. The zero-order valence-electron chi connectivity index (χ0n) is 10.6. The van der Waals surface area contributed by atoms with Crippen molar-refractivity contribution in [1.29, 1.82) is 0 Å². The lowest BCUT2D eigenvalue weighted by Gasteiger charge is -2.10. The fourth-order valence-corrected chi connectivity index (χ4v) is 2.26. The van der Waals surface area contributed by atoms with Gasteiger partial charge in [0.1, 0.15) is 0 Å². The van der Waals surface area contributed by atoms with Gasteiger partial charge in [-0.2, -0.15) is 0 Å². The minimum atomic E-state index is 0.705. The summed E-state index contributed by atoms with van der Waals surface area (Å²) in [6.45, 7) is 2.01. The van der Waals surface area contributed by atoms with Gasteiger partial charge in [0.25, 0.3) is 0 Å². The van der Waals surface area contributed by atoms with E-state index in [1.165, 1.54) is 23.8 Å². The molecule has 0 amide bonds. The van der Waals surface area contributed by atoms with Crippen molar-refractivity contribution in [3.8, 4) is 5.88 Å². The lowest BCUT2D eigenvalue weighted by molar-refractivity contribution is 0.403. The second kappa shape index (κ2) is 4.94. The summed E-state index contributed by atoms with van der Waals surface area (Å²) in [5.74, 6) is 1.61. The van der Waals surface area contributed by atoms with Crippen LogP contribution < -0.4 is 10.1 Å². The Morgan fingerprint density at radius 3 is 2.78 bits per heavy atom. The Kier molecular flexibility index (Phi) is 3.15. The quantitative estimate of drug-likeness (QED) is 0.875. The minimum absolute atomic E-state index is 0.705. The standard InChI is InChI=1S/C15H18N2O/c1-18-15-14-5-3-2-4-13(14)12(10-17-15)9-16-8-11-6-7-11/h2-5,10-11,16H,6-9H2,1H3. The molecule has 1 aromatic carbocycles. The Morgan fingerprint density at radius 1 is 1.28 bits per heavy atom. The third-order valence-electron chi connectivity index (χ3n) is 3.48. The molecule has 3 nitrogen and oxygen atoms in total. The fourth-order valence-electron chi connectivity index (χ4n) is 2.26. The van der Waals surface area contributed by atoms with Gasteiger partial charge in [0.15, 0.2) is 0 Å². The Morgan fingerprint density at radius 2 is 2.06 bits per heavy atom. The summed E-state index contributed by atoms with van der Waals surface area (Å²) in [6, 6.07) is 8.28. The third-order valence-corrected chi connectivity index (χ3v) is 3.48. The molecule has 1 N–H and O–H groups in total. The van der Waals surface area contributed by atoms with E-state index in [2.05, 4.69) is 28.5 Å². The summed E-state index contributed by atoms with van der Waals surface area (Å²) in [4.78, 5) is 4.38. The smallest absolute Gasteiger partial charge is 0.221 e. The third kappa shape index (κ3) is 2.31. The maximum Gasteiger partial charge on any atom is 0.221 e. The largest absolute Gasteiger partial charge is 0.481 e. The number of benzene rings is 1. The second-order valence-corrected chi connectivity index (χ2v) is 4.91. The Balaban J connectivity index is 1.86. The summed E-state index contributed by atoms with van der Waals surface area (Å²) in [5, 5.41) is 5.83. The summed E-state index contributed by atoms with van der Waals surface area (Å²) < 4.78 is 5.30. The number of rotatable bonds is 5. The van der Waals surface area contributed by atoms with Crippen molar-refractivity contribution in [2.45, 2.75) is 19.4 Å². The topological polar surface area (TPSA) is 34.1 Å². The molecule has 1 aliphatic carbocycles. The molecule has 1 aromatic heterocycles. The van der Waals surface area contributed by atoms with Crippen LogP contribution in [0.25, 0.3) is 10.8 Å². The van der Waals surface area contributed by atoms with Crippen LogP contribution in [0.1, 0.15) is 18.4 Å². The van der Waals surface area contributed by atoms with Crippen LogP contribution in [-0.4, -0.2) is 18.6 Å². The van der Waals surface area contributed by atoms with Crippen LogP contribution in [0, 0.1) is 5.92 Å². The first-order valence-electron chi connectivity index (χ1n) is 6.50. The van der Waals surface area contributed by atoms with Gasteiger partial charge in [-0.1, -0.05) is 18.2 Å². The normalized spacial score (nSPS) is 14.9. The molecule has 0 radical (unpaired) electrons. The van der Waals surface area contributed by atoms with Crippen molar-refractivity contribution >= 4 is 10.8 Å². The molecule has 0 spiro atoms. The predicted octanol–water partition coefficient (Wildman–Crippen LogP) is 2.74. The number of aromatic nitrogens is 1. The van der Waals surface area contributed by atoms with Gasteiger partial charge in [0.05, 0.1) is 7.11 Å². The van der Waals surface area contributed by atoms with E-state index in [1.54, 1.807) is 7.11 Å². The Labute approximate surface area is 107 Å². The molecule has 1 saturated carbocycles. The van der Waals surface area contributed by atoms with E-state index in [0.29, 0.717) is 5.88 Å². The van der Waals surface area contributed by atoms with E-state index in [1.807, 2.05) is 12.3 Å². The molecule has 0 unspecified atom stereocenters. The van der Waals surface area contributed by atoms with Crippen molar-refractivity contribution < 1.29 is 4.74 Å². The van der Waals surface area contributed by atoms with Crippen LogP contribution in [0.4, 0.5) is 0 Å². The van der Waals surface area contributed by atoms with Crippen LogP contribution in [0.2, 0.25) is 0 Å². The van der Waals surface area contributed by atoms with Crippen molar-refractivity contribution in [3.05, 3.63) is 36.0 Å². The molecule has 18 heavy (non-hydrogen) atoms. The van der Waals surface area contributed by atoms with Crippen molar-refractivity contribution in [1.82, 2.24) is 10.3 Å². The highest BCUT2D eigenvalue weighted by Gasteiger charge is 2.20. The predicted molar refractivity (Wildman–Crippen MR) is 72.7 cm³/mol. The molecule has 2 aromatic rings. The molecular weight excluding hydrogens is 224 g/mol. The lowest BCUT2D eigenvalue weighted by atomic mass is 10.1. The summed E-state index contributed by atoms with van der Waals surface area (Å²) in [5.41, 5.74) is 1.24. The highest BCUT2D eigenvalue weighted by Crippen LogP contribution is 2.28.